The van der Waals surface area contributed by atoms with Crippen LogP contribution in [0.2, 0.25) is 0 Å². The molecule has 0 aliphatic heterocycles. The van der Waals surface area contributed by atoms with E-state index in [1.54, 1.807) is 25.6 Å². The van der Waals surface area contributed by atoms with E-state index in [9.17, 15) is 14.4 Å². The average Bonchev–Trinajstić information content (AvgIpc) is 3.24. The fourth-order valence-electron chi connectivity index (χ4n) is 3.33. The normalized spacial score (nSPS) is 14.6. The fourth-order valence-corrected chi connectivity index (χ4v) is 5.23. The molecule has 2 aromatic heterocycles. The predicted octanol–water partition coefficient (Wildman–Crippen LogP) is 3.19. The molecule has 2 N–H and O–H groups in total. The van der Waals surface area contributed by atoms with Crippen molar-refractivity contribution in [2.24, 2.45) is 13.0 Å². The molecule has 1 saturated carbocycles. The minimum absolute atomic E-state index is 0.0241. The summed E-state index contributed by atoms with van der Waals surface area (Å²) in [5.74, 6) is -0.269. The summed E-state index contributed by atoms with van der Waals surface area (Å²) < 4.78 is 3.81. The maximum atomic E-state index is 13.0. The number of nitrogens with one attached hydrogen (secondary N) is 2. The lowest BCUT2D eigenvalue weighted by Gasteiger charge is -2.23. The van der Waals surface area contributed by atoms with Crippen LogP contribution in [0, 0.1) is 12.8 Å². The first-order valence-electron chi connectivity index (χ1n) is 10.3. The summed E-state index contributed by atoms with van der Waals surface area (Å²) in [5.41, 5.74) is 1.33. The summed E-state index contributed by atoms with van der Waals surface area (Å²) in [6.07, 6.45) is 2.90. The molecule has 0 saturated heterocycles. The molecule has 3 aromatic rings. The zero-order valence-electron chi connectivity index (χ0n) is 18.0. The largest absolute Gasteiger partial charge is 0.319 e. The van der Waals surface area contributed by atoms with Gasteiger partial charge in [0.2, 0.25) is 16.9 Å². The van der Waals surface area contributed by atoms with Gasteiger partial charge in [-0.3, -0.25) is 19.1 Å². The monoisotopic (exact) mass is 472 g/mol. The summed E-state index contributed by atoms with van der Waals surface area (Å²) in [4.78, 5) is 37.8. The first-order valence-corrected chi connectivity index (χ1v) is 12.0. The summed E-state index contributed by atoms with van der Waals surface area (Å²) in [6.45, 7) is 3.53. The lowest BCUT2D eigenvalue weighted by Crippen LogP contribution is -2.27. The highest BCUT2D eigenvalue weighted by atomic mass is 32.2. The van der Waals surface area contributed by atoms with Gasteiger partial charge in [-0.25, -0.2) is 4.68 Å². The van der Waals surface area contributed by atoms with Crippen molar-refractivity contribution < 1.29 is 9.59 Å². The number of benzene rings is 1. The van der Waals surface area contributed by atoms with E-state index in [0.717, 1.165) is 24.9 Å². The van der Waals surface area contributed by atoms with E-state index in [1.165, 1.54) is 27.8 Å². The Morgan fingerprint density at radius 2 is 1.91 bits per heavy atom. The third kappa shape index (κ3) is 4.49. The molecule has 2 amide bonds. The minimum atomic E-state index is -0.512. The predicted molar refractivity (Wildman–Crippen MR) is 126 cm³/mol. The van der Waals surface area contributed by atoms with Gasteiger partial charge in [0.05, 0.1) is 16.6 Å². The SMILES string of the molecule is Cc1c(NC(=O)[C@@H](C)Sc2nnc(NC(=O)C3CCC3)s2)c(=O)n(-c2ccccc2)n1C. The first kappa shape index (κ1) is 22.3. The number of hydrogen-bond acceptors (Lipinski definition) is 7. The Bertz CT molecular complexity index is 1200. The van der Waals surface area contributed by atoms with Gasteiger partial charge in [-0.2, -0.15) is 0 Å². The smallest absolute Gasteiger partial charge is 0.295 e. The number of hydrogen-bond donors (Lipinski definition) is 2. The van der Waals surface area contributed by atoms with Crippen molar-refractivity contribution >= 4 is 45.7 Å². The highest BCUT2D eigenvalue weighted by molar-refractivity contribution is 8.02. The van der Waals surface area contributed by atoms with Crippen LogP contribution in [0.25, 0.3) is 5.69 Å². The molecular formula is C21H24N6O3S2. The molecule has 4 rings (SSSR count). The summed E-state index contributed by atoms with van der Waals surface area (Å²) in [6, 6.07) is 9.26. The summed E-state index contributed by atoms with van der Waals surface area (Å²) in [5, 5.41) is 13.5. The number of anilines is 2. The van der Waals surface area contributed by atoms with Crippen LogP contribution in [0.15, 0.2) is 39.5 Å². The van der Waals surface area contributed by atoms with E-state index in [1.807, 2.05) is 30.3 Å². The van der Waals surface area contributed by atoms with E-state index in [0.29, 0.717) is 15.2 Å². The molecule has 1 aliphatic rings. The number of para-hydroxylation sites is 1. The zero-order chi connectivity index (χ0) is 22.8. The average molecular weight is 473 g/mol. The lowest BCUT2D eigenvalue weighted by molar-refractivity contribution is -0.122. The Balaban J connectivity index is 1.42. The van der Waals surface area contributed by atoms with Gasteiger partial charge >= 0.3 is 0 Å². The van der Waals surface area contributed by atoms with Gasteiger partial charge in [0.15, 0.2) is 4.34 Å². The lowest BCUT2D eigenvalue weighted by atomic mass is 9.85. The Labute approximate surface area is 193 Å². The molecule has 0 radical (unpaired) electrons. The second-order valence-electron chi connectivity index (χ2n) is 7.68. The molecule has 1 fully saturated rings. The number of nitrogens with zero attached hydrogens (tertiary/aromatic N) is 4. The molecule has 2 heterocycles. The van der Waals surface area contributed by atoms with Gasteiger partial charge in [-0.05, 0) is 38.8 Å². The second-order valence-corrected chi connectivity index (χ2v) is 10.2. The molecule has 1 aliphatic carbocycles. The van der Waals surface area contributed by atoms with Crippen LogP contribution in [0.3, 0.4) is 0 Å². The van der Waals surface area contributed by atoms with Crippen LogP contribution in [0.4, 0.5) is 10.8 Å². The van der Waals surface area contributed by atoms with Crippen molar-refractivity contribution in [2.45, 2.75) is 42.7 Å². The molecule has 1 atom stereocenters. The number of carbonyl (C=O) groups excluding carboxylic acids is 2. The summed E-state index contributed by atoms with van der Waals surface area (Å²) >= 11 is 2.47. The Morgan fingerprint density at radius 3 is 2.56 bits per heavy atom. The van der Waals surface area contributed by atoms with Crippen molar-refractivity contribution in [2.75, 3.05) is 10.6 Å². The molecular weight excluding hydrogens is 448 g/mol. The molecule has 168 valence electrons. The second kappa shape index (κ2) is 9.29. The maximum absolute atomic E-state index is 13.0. The first-order chi connectivity index (χ1) is 15.3. The van der Waals surface area contributed by atoms with Crippen LogP contribution in [-0.2, 0) is 16.6 Å². The zero-order valence-corrected chi connectivity index (χ0v) is 19.6. The summed E-state index contributed by atoms with van der Waals surface area (Å²) in [7, 11) is 1.78. The van der Waals surface area contributed by atoms with Crippen LogP contribution in [-0.4, -0.2) is 36.6 Å². The van der Waals surface area contributed by atoms with Gasteiger partial charge in [0.25, 0.3) is 5.56 Å². The van der Waals surface area contributed by atoms with Crippen LogP contribution >= 0.6 is 23.1 Å². The molecule has 9 nitrogen and oxygen atoms in total. The Hall–Kier alpha value is -2.92. The van der Waals surface area contributed by atoms with Gasteiger partial charge in [0, 0.05) is 13.0 Å². The third-order valence-electron chi connectivity index (χ3n) is 5.56. The van der Waals surface area contributed by atoms with E-state index in [-0.39, 0.29) is 29.0 Å². The van der Waals surface area contributed by atoms with E-state index in [2.05, 4.69) is 20.8 Å². The van der Waals surface area contributed by atoms with Crippen LogP contribution in [0.5, 0.6) is 0 Å². The van der Waals surface area contributed by atoms with Crippen molar-refractivity contribution in [3.8, 4) is 5.69 Å². The van der Waals surface area contributed by atoms with Crippen LogP contribution < -0.4 is 16.2 Å². The molecule has 32 heavy (non-hydrogen) atoms. The van der Waals surface area contributed by atoms with Gasteiger partial charge in [0.1, 0.15) is 5.69 Å². The van der Waals surface area contributed by atoms with Crippen molar-refractivity contribution in [1.29, 1.82) is 0 Å². The highest BCUT2D eigenvalue weighted by Gasteiger charge is 2.26. The molecule has 0 spiro atoms. The molecule has 11 heteroatoms. The molecule has 0 unspecified atom stereocenters. The Morgan fingerprint density at radius 1 is 1.19 bits per heavy atom. The van der Waals surface area contributed by atoms with E-state index >= 15 is 0 Å². The third-order valence-corrected chi connectivity index (χ3v) is 7.58. The number of rotatable bonds is 7. The van der Waals surface area contributed by atoms with E-state index < -0.39 is 5.25 Å². The van der Waals surface area contributed by atoms with Crippen LogP contribution in [0.1, 0.15) is 31.9 Å². The number of amides is 2. The van der Waals surface area contributed by atoms with Gasteiger partial charge in [-0.15, -0.1) is 10.2 Å². The number of carbonyl (C=O) groups is 2. The number of thioether (sulfide) groups is 1. The standard InChI is InChI=1S/C21H24N6O3S2/c1-12-16(19(30)27(26(12)3)15-10-5-4-6-11-15)22-17(28)13(2)31-21-25-24-20(32-21)23-18(29)14-8-7-9-14/h4-6,10-11,13-14H,7-9H2,1-3H3,(H,22,28)(H,23,24,29)/t13-/m1/s1. The molecule has 0 bridgehead atoms. The van der Waals surface area contributed by atoms with Crippen molar-refractivity contribution in [3.63, 3.8) is 0 Å². The van der Waals surface area contributed by atoms with Crippen molar-refractivity contribution in [1.82, 2.24) is 19.6 Å². The number of aromatic nitrogens is 4. The highest BCUT2D eigenvalue weighted by Crippen LogP contribution is 2.31. The fraction of sp³-hybridized carbons (Fsp3) is 0.381. The molecule has 1 aromatic carbocycles. The van der Waals surface area contributed by atoms with Crippen molar-refractivity contribution in [3.05, 3.63) is 46.4 Å². The maximum Gasteiger partial charge on any atom is 0.295 e. The van der Waals surface area contributed by atoms with E-state index in [4.69, 9.17) is 0 Å². The minimum Gasteiger partial charge on any atom is -0.319 e. The quantitative estimate of drug-likeness (QED) is 0.404. The topological polar surface area (TPSA) is 111 Å². The van der Waals surface area contributed by atoms with Gasteiger partial charge in [-0.1, -0.05) is 47.7 Å². The van der Waals surface area contributed by atoms with Gasteiger partial charge < -0.3 is 10.6 Å². The Kier molecular flexibility index (Phi) is 6.47.